The largest absolute Gasteiger partial charge is 0.507 e. The molecule has 0 spiro atoms. The van der Waals surface area contributed by atoms with E-state index in [0.717, 1.165) is 54.4 Å². The van der Waals surface area contributed by atoms with Crippen molar-refractivity contribution in [2.75, 3.05) is 0 Å². The van der Waals surface area contributed by atoms with Gasteiger partial charge < -0.3 is 10.2 Å². The molecule has 0 saturated heterocycles. The molecule has 226 valence electrons. The number of aromatic hydroxyl groups is 2. The fourth-order valence-corrected chi connectivity index (χ4v) is 6.02. The maximum absolute atomic E-state index is 11.4. The molecule has 0 aromatic heterocycles. The van der Waals surface area contributed by atoms with Crippen LogP contribution in [0.4, 0.5) is 0 Å². The lowest BCUT2D eigenvalue weighted by Crippen LogP contribution is -2.09. The Hall–Kier alpha value is -1.96. The lowest BCUT2D eigenvalue weighted by atomic mass is 9.78. The van der Waals surface area contributed by atoms with Crippen LogP contribution in [-0.4, -0.2) is 10.2 Å². The minimum Gasteiger partial charge on any atom is -0.507 e. The number of hydrogen-bond donors (Lipinski definition) is 2. The third-order valence-corrected chi connectivity index (χ3v) is 9.86. The molecule has 2 aromatic carbocycles. The molecule has 0 aliphatic heterocycles. The summed E-state index contributed by atoms with van der Waals surface area (Å²) in [5.74, 6) is 2.53. The van der Waals surface area contributed by atoms with Crippen LogP contribution in [0.3, 0.4) is 0 Å². The number of unbranched alkanes of at least 4 members (excludes halogenated alkanes) is 6. The van der Waals surface area contributed by atoms with Crippen LogP contribution in [0.2, 0.25) is 0 Å². The Kier molecular flexibility index (Phi) is 14.6. The van der Waals surface area contributed by atoms with Crippen LogP contribution in [0, 0.1) is 0 Å². The number of phenols is 2. The second kappa shape index (κ2) is 17.1. The van der Waals surface area contributed by atoms with E-state index in [9.17, 15) is 10.2 Å². The highest BCUT2D eigenvalue weighted by Gasteiger charge is 2.25. The van der Waals surface area contributed by atoms with Gasteiger partial charge in [0, 0.05) is 5.92 Å². The third kappa shape index (κ3) is 8.77. The van der Waals surface area contributed by atoms with Gasteiger partial charge >= 0.3 is 0 Å². The minimum absolute atomic E-state index is 0.257. The second-order valence-corrected chi connectivity index (χ2v) is 12.8. The van der Waals surface area contributed by atoms with E-state index in [2.05, 4.69) is 86.6 Å². The zero-order chi connectivity index (χ0) is 29.8. The summed E-state index contributed by atoms with van der Waals surface area (Å²) in [6, 6.07) is 9.28. The molecule has 0 fully saturated rings. The maximum atomic E-state index is 11.4. The summed E-state index contributed by atoms with van der Waals surface area (Å²) in [5.41, 5.74) is 7.08. The van der Waals surface area contributed by atoms with Crippen LogP contribution in [0.15, 0.2) is 24.3 Å². The minimum atomic E-state index is 0.257. The van der Waals surface area contributed by atoms with Gasteiger partial charge in [0.25, 0.3) is 0 Å². The smallest absolute Gasteiger partial charge is 0.122 e. The fourth-order valence-electron chi connectivity index (χ4n) is 6.02. The molecule has 0 aliphatic carbocycles. The van der Waals surface area contributed by atoms with Crippen molar-refractivity contribution in [1.82, 2.24) is 0 Å². The topological polar surface area (TPSA) is 40.5 Å². The van der Waals surface area contributed by atoms with Crippen molar-refractivity contribution in [3.05, 3.63) is 57.6 Å². The maximum Gasteiger partial charge on any atom is 0.122 e. The first-order valence-corrected chi connectivity index (χ1v) is 16.9. The highest BCUT2D eigenvalue weighted by atomic mass is 16.3. The van der Waals surface area contributed by atoms with E-state index in [-0.39, 0.29) is 5.92 Å². The Morgan fingerprint density at radius 2 is 0.775 bits per heavy atom. The first-order valence-electron chi connectivity index (χ1n) is 16.9. The number of phenolic OH excluding ortho intramolecular Hbond substituents is 2. The molecule has 0 saturated carbocycles. The first kappa shape index (κ1) is 34.2. The van der Waals surface area contributed by atoms with Gasteiger partial charge in [0.2, 0.25) is 0 Å². The summed E-state index contributed by atoms with van der Waals surface area (Å²) in [6.45, 7) is 20.1. The molecule has 0 radical (unpaired) electrons. The third-order valence-electron chi connectivity index (χ3n) is 9.86. The predicted octanol–water partition coefficient (Wildman–Crippen LogP) is 12.4. The summed E-state index contributed by atoms with van der Waals surface area (Å²) in [7, 11) is 0. The Morgan fingerprint density at radius 3 is 1.07 bits per heavy atom. The molecule has 0 bridgehead atoms. The van der Waals surface area contributed by atoms with E-state index in [1.54, 1.807) is 0 Å². The highest BCUT2D eigenvalue weighted by Crippen LogP contribution is 2.44. The normalized spacial score (nSPS) is 15.5. The van der Waals surface area contributed by atoms with Gasteiger partial charge in [0.15, 0.2) is 0 Å². The van der Waals surface area contributed by atoms with E-state index in [4.69, 9.17) is 0 Å². The number of hydrogen-bond acceptors (Lipinski definition) is 2. The predicted molar refractivity (Wildman–Crippen MR) is 175 cm³/mol. The Labute approximate surface area is 248 Å². The molecule has 0 aliphatic rings. The van der Waals surface area contributed by atoms with Gasteiger partial charge in [-0.05, 0) is 89.2 Å². The van der Waals surface area contributed by atoms with Gasteiger partial charge in [-0.1, -0.05) is 132 Å². The molecule has 2 heteroatoms. The average molecular weight is 551 g/mol. The van der Waals surface area contributed by atoms with Crippen LogP contribution >= 0.6 is 0 Å². The molecule has 4 unspecified atom stereocenters. The molecule has 2 aromatic rings. The highest BCUT2D eigenvalue weighted by molar-refractivity contribution is 5.53. The molecular formula is C38H62O2. The summed E-state index contributed by atoms with van der Waals surface area (Å²) in [6.07, 6.45) is 14.2. The summed E-state index contributed by atoms with van der Waals surface area (Å²) >= 11 is 0. The Balaban J connectivity index is 2.68. The SMILES string of the molecule is CCCCCCCCCC(c1cc(C(C)CC)c(O)c(C(C)CC)c1)c1cc(C(C)CC)c(O)c(C(C)CC)c1. The Morgan fingerprint density at radius 1 is 0.475 bits per heavy atom. The molecule has 0 heterocycles. The van der Waals surface area contributed by atoms with Crippen molar-refractivity contribution in [1.29, 1.82) is 0 Å². The lowest BCUT2D eigenvalue weighted by Gasteiger charge is -2.27. The van der Waals surface area contributed by atoms with E-state index >= 15 is 0 Å². The van der Waals surface area contributed by atoms with Crippen molar-refractivity contribution in [2.45, 2.75) is 169 Å². The van der Waals surface area contributed by atoms with Crippen molar-refractivity contribution < 1.29 is 10.2 Å². The summed E-state index contributed by atoms with van der Waals surface area (Å²) in [5, 5.41) is 22.8. The Bertz CT molecular complexity index is 887. The van der Waals surface area contributed by atoms with Crippen molar-refractivity contribution in [2.24, 2.45) is 0 Å². The van der Waals surface area contributed by atoms with Crippen LogP contribution in [-0.2, 0) is 0 Å². The van der Waals surface area contributed by atoms with Gasteiger partial charge in [-0.2, -0.15) is 0 Å². The van der Waals surface area contributed by atoms with Gasteiger partial charge in [0.05, 0.1) is 0 Å². The summed E-state index contributed by atoms with van der Waals surface area (Å²) < 4.78 is 0. The van der Waals surface area contributed by atoms with Gasteiger partial charge in [-0.25, -0.2) is 0 Å². The van der Waals surface area contributed by atoms with Crippen molar-refractivity contribution in [3.8, 4) is 11.5 Å². The van der Waals surface area contributed by atoms with Crippen LogP contribution in [0.25, 0.3) is 0 Å². The van der Waals surface area contributed by atoms with Crippen LogP contribution in [0.5, 0.6) is 11.5 Å². The van der Waals surface area contributed by atoms with E-state index < -0.39 is 0 Å². The van der Waals surface area contributed by atoms with Gasteiger partial charge in [-0.3, -0.25) is 0 Å². The molecule has 2 nitrogen and oxygen atoms in total. The zero-order valence-corrected chi connectivity index (χ0v) is 27.6. The van der Waals surface area contributed by atoms with Crippen molar-refractivity contribution in [3.63, 3.8) is 0 Å². The standard InChI is InChI=1S/C38H62O2/c1-10-15-16-17-18-19-20-21-32(30-22-33(26(6)11-2)37(39)34(23-30)27(7)12-3)31-24-35(28(8)13-4)38(40)36(25-31)29(9)14-5/h22-29,32,39-40H,10-21H2,1-9H3. The first-order chi connectivity index (χ1) is 19.1. The fraction of sp³-hybridized carbons (Fsp3) is 0.684. The molecular weight excluding hydrogens is 488 g/mol. The van der Waals surface area contributed by atoms with E-state index in [0.29, 0.717) is 35.2 Å². The monoisotopic (exact) mass is 550 g/mol. The molecule has 40 heavy (non-hydrogen) atoms. The quantitative estimate of drug-likeness (QED) is 0.181. The molecule has 4 atom stereocenters. The molecule has 2 rings (SSSR count). The molecule has 2 N–H and O–H groups in total. The number of rotatable bonds is 18. The molecule has 0 amide bonds. The van der Waals surface area contributed by atoms with Gasteiger partial charge in [-0.15, -0.1) is 0 Å². The van der Waals surface area contributed by atoms with Gasteiger partial charge in [0.1, 0.15) is 11.5 Å². The van der Waals surface area contributed by atoms with E-state index in [1.807, 2.05) is 0 Å². The van der Waals surface area contributed by atoms with Crippen molar-refractivity contribution >= 4 is 0 Å². The van der Waals surface area contributed by atoms with E-state index in [1.165, 1.54) is 56.1 Å². The zero-order valence-electron chi connectivity index (χ0n) is 27.6. The average Bonchev–Trinajstić information content (AvgIpc) is 2.97. The van der Waals surface area contributed by atoms with Crippen LogP contribution in [0.1, 0.15) is 202 Å². The number of benzene rings is 2. The van der Waals surface area contributed by atoms with Crippen LogP contribution < -0.4 is 0 Å². The lowest BCUT2D eigenvalue weighted by molar-refractivity contribution is 0.447. The summed E-state index contributed by atoms with van der Waals surface area (Å²) in [4.78, 5) is 0. The second-order valence-electron chi connectivity index (χ2n) is 12.8.